The Morgan fingerprint density at radius 1 is 1.18 bits per heavy atom. The molecule has 5 nitrogen and oxygen atoms in total. The number of carbonyl (C=O) groups excluding carboxylic acids is 1. The first-order valence-electron chi connectivity index (χ1n) is 6.14. The molecule has 0 aromatic carbocycles. The molecule has 0 aromatic rings. The Hall–Kier alpha value is -0.810. The third kappa shape index (κ3) is 10.1. The molecule has 0 saturated heterocycles. The lowest BCUT2D eigenvalue weighted by molar-refractivity contribution is -0.0307. The quantitative estimate of drug-likeness (QED) is 0.439. The number of carbonyl (C=O) groups is 1. The molecular weight excluding hydrogens is 224 g/mol. The monoisotopic (exact) mass is 248 g/mol. The average molecular weight is 248 g/mol. The van der Waals surface area contributed by atoms with E-state index < -0.39 is 6.16 Å². The molecule has 0 aliphatic heterocycles. The molecule has 0 aliphatic carbocycles. The molecule has 0 aromatic heterocycles. The van der Waals surface area contributed by atoms with E-state index in [1.807, 2.05) is 0 Å². The van der Waals surface area contributed by atoms with Crippen LogP contribution in [0.1, 0.15) is 33.1 Å². The molecule has 0 rings (SSSR count). The van der Waals surface area contributed by atoms with Crippen molar-refractivity contribution in [3.63, 3.8) is 0 Å². The molecule has 102 valence electrons. The highest BCUT2D eigenvalue weighted by atomic mass is 16.7. The van der Waals surface area contributed by atoms with E-state index >= 15 is 0 Å². The van der Waals surface area contributed by atoms with Crippen LogP contribution in [-0.4, -0.2) is 45.8 Å². The van der Waals surface area contributed by atoms with Gasteiger partial charge in [0, 0.05) is 6.61 Å². The first-order valence-corrected chi connectivity index (χ1v) is 6.14. The Kier molecular flexibility index (Phi) is 11.1. The highest BCUT2D eigenvalue weighted by Gasteiger charge is 2.06. The predicted molar refractivity (Wildman–Crippen MR) is 64.1 cm³/mol. The molecule has 1 atom stereocenters. The second-order valence-electron chi connectivity index (χ2n) is 3.63. The molecule has 5 heteroatoms. The Balaban J connectivity index is 3.39. The maximum Gasteiger partial charge on any atom is 0.508 e. The van der Waals surface area contributed by atoms with Crippen molar-refractivity contribution in [3.05, 3.63) is 0 Å². The Bertz CT molecular complexity index is 184. The fraction of sp³-hybridized carbons (Fsp3) is 0.917. The van der Waals surface area contributed by atoms with Crippen LogP contribution in [0.3, 0.4) is 0 Å². The molecule has 0 N–H and O–H groups in total. The Morgan fingerprint density at radius 3 is 2.53 bits per heavy atom. The molecule has 17 heavy (non-hydrogen) atoms. The molecule has 0 radical (unpaired) electrons. The molecule has 0 heterocycles. The smallest absolute Gasteiger partial charge is 0.438 e. The third-order valence-corrected chi connectivity index (χ3v) is 2.22. The van der Waals surface area contributed by atoms with E-state index in [4.69, 9.17) is 9.47 Å². The third-order valence-electron chi connectivity index (χ3n) is 2.22. The normalized spacial score (nSPS) is 12.2. The van der Waals surface area contributed by atoms with Crippen molar-refractivity contribution < 1.29 is 23.7 Å². The van der Waals surface area contributed by atoms with E-state index in [0.717, 1.165) is 25.9 Å². The van der Waals surface area contributed by atoms with Gasteiger partial charge in [-0.3, -0.25) is 0 Å². The van der Waals surface area contributed by atoms with Gasteiger partial charge >= 0.3 is 6.16 Å². The van der Waals surface area contributed by atoms with Gasteiger partial charge in [0.2, 0.25) is 0 Å². The molecular formula is C12H24O5. The fourth-order valence-corrected chi connectivity index (χ4v) is 1.14. The van der Waals surface area contributed by atoms with Crippen LogP contribution in [0.15, 0.2) is 0 Å². The van der Waals surface area contributed by atoms with Gasteiger partial charge in [-0.25, -0.2) is 4.79 Å². The molecule has 0 aliphatic rings. The molecule has 0 saturated carbocycles. The second kappa shape index (κ2) is 11.7. The van der Waals surface area contributed by atoms with Crippen LogP contribution in [0.25, 0.3) is 0 Å². The number of unbranched alkanes of at least 4 members (excludes halogenated alkanes) is 1. The van der Waals surface area contributed by atoms with Gasteiger partial charge in [-0.15, -0.1) is 0 Å². The second-order valence-corrected chi connectivity index (χ2v) is 3.63. The van der Waals surface area contributed by atoms with Crippen LogP contribution >= 0.6 is 0 Å². The SMILES string of the molecule is CCCCOC(CC)COCCOC(=O)OC. The molecule has 0 spiro atoms. The zero-order valence-corrected chi connectivity index (χ0v) is 11.1. The van der Waals surface area contributed by atoms with E-state index in [1.54, 1.807) is 0 Å². The van der Waals surface area contributed by atoms with Crippen molar-refractivity contribution in [2.24, 2.45) is 0 Å². The van der Waals surface area contributed by atoms with E-state index in [2.05, 4.69) is 23.3 Å². The average Bonchev–Trinajstić information content (AvgIpc) is 2.36. The van der Waals surface area contributed by atoms with Gasteiger partial charge in [-0.05, 0) is 12.8 Å². The topological polar surface area (TPSA) is 54.0 Å². The van der Waals surface area contributed by atoms with Crippen molar-refractivity contribution in [2.75, 3.05) is 33.5 Å². The number of hydrogen-bond donors (Lipinski definition) is 0. The lowest BCUT2D eigenvalue weighted by Gasteiger charge is -2.16. The van der Waals surface area contributed by atoms with Crippen molar-refractivity contribution in [2.45, 2.75) is 39.2 Å². The summed E-state index contributed by atoms with van der Waals surface area (Å²) in [5.41, 5.74) is 0. The van der Waals surface area contributed by atoms with Crippen LogP contribution in [0.4, 0.5) is 4.79 Å². The lowest BCUT2D eigenvalue weighted by atomic mass is 10.3. The van der Waals surface area contributed by atoms with Crippen molar-refractivity contribution in [3.8, 4) is 0 Å². The van der Waals surface area contributed by atoms with Gasteiger partial charge in [0.1, 0.15) is 6.61 Å². The van der Waals surface area contributed by atoms with E-state index in [0.29, 0.717) is 13.2 Å². The van der Waals surface area contributed by atoms with Crippen LogP contribution in [0.5, 0.6) is 0 Å². The predicted octanol–water partition coefficient (Wildman–Crippen LogP) is 2.38. The van der Waals surface area contributed by atoms with Gasteiger partial charge in [-0.2, -0.15) is 0 Å². The standard InChI is InChI=1S/C12H24O5/c1-4-6-7-16-11(5-2)10-15-8-9-17-12(13)14-3/h11H,4-10H2,1-3H3. The Labute approximate surface area is 103 Å². The molecule has 0 fully saturated rings. The summed E-state index contributed by atoms with van der Waals surface area (Å²) >= 11 is 0. The number of hydrogen-bond acceptors (Lipinski definition) is 5. The minimum atomic E-state index is -0.681. The van der Waals surface area contributed by atoms with E-state index in [9.17, 15) is 4.79 Å². The summed E-state index contributed by atoms with van der Waals surface area (Å²) in [6, 6.07) is 0. The Morgan fingerprint density at radius 2 is 1.94 bits per heavy atom. The summed E-state index contributed by atoms with van der Waals surface area (Å²) in [5, 5.41) is 0. The van der Waals surface area contributed by atoms with E-state index in [1.165, 1.54) is 7.11 Å². The van der Waals surface area contributed by atoms with Gasteiger partial charge < -0.3 is 18.9 Å². The summed E-state index contributed by atoms with van der Waals surface area (Å²) in [4.78, 5) is 10.6. The number of methoxy groups -OCH3 is 1. The maximum atomic E-state index is 10.6. The van der Waals surface area contributed by atoms with Crippen molar-refractivity contribution in [1.29, 1.82) is 0 Å². The first kappa shape index (κ1) is 16.2. The highest BCUT2D eigenvalue weighted by molar-refractivity contribution is 5.59. The molecule has 0 amide bonds. The minimum Gasteiger partial charge on any atom is -0.438 e. The number of ether oxygens (including phenoxy) is 4. The van der Waals surface area contributed by atoms with Crippen LogP contribution < -0.4 is 0 Å². The van der Waals surface area contributed by atoms with Crippen LogP contribution in [-0.2, 0) is 18.9 Å². The van der Waals surface area contributed by atoms with E-state index in [-0.39, 0.29) is 12.7 Å². The van der Waals surface area contributed by atoms with Crippen molar-refractivity contribution in [1.82, 2.24) is 0 Å². The number of rotatable bonds is 10. The maximum absolute atomic E-state index is 10.6. The highest BCUT2D eigenvalue weighted by Crippen LogP contribution is 2.01. The van der Waals surface area contributed by atoms with Crippen LogP contribution in [0, 0.1) is 0 Å². The minimum absolute atomic E-state index is 0.125. The molecule has 1 unspecified atom stereocenters. The van der Waals surface area contributed by atoms with Gasteiger partial charge in [0.15, 0.2) is 0 Å². The fourth-order valence-electron chi connectivity index (χ4n) is 1.14. The van der Waals surface area contributed by atoms with Gasteiger partial charge in [0.05, 0.1) is 26.4 Å². The van der Waals surface area contributed by atoms with Gasteiger partial charge in [-0.1, -0.05) is 20.3 Å². The zero-order chi connectivity index (χ0) is 12.9. The van der Waals surface area contributed by atoms with Crippen LogP contribution in [0.2, 0.25) is 0 Å². The lowest BCUT2D eigenvalue weighted by Crippen LogP contribution is -2.21. The van der Waals surface area contributed by atoms with Gasteiger partial charge in [0.25, 0.3) is 0 Å². The summed E-state index contributed by atoms with van der Waals surface area (Å²) in [5.74, 6) is 0. The summed E-state index contributed by atoms with van der Waals surface area (Å²) in [6.45, 7) is 6.07. The largest absolute Gasteiger partial charge is 0.508 e. The zero-order valence-electron chi connectivity index (χ0n) is 11.1. The molecule has 0 bridgehead atoms. The first-order chi connectivity index (χ1) is 8.24. The van der Waals surface area contributed by atoms with Crippen molar-refractivity contribution >= 4 is 6.16 Å². The summed E-state index contributed by atoms with van der Waals surface area (Å²) in [6.07, 6.45) is 2.56. The summed E-state index contributed by atoms with van der Waals surface area (Å²) < 4.78 is 20.0. The summed E-state index contributed by atoms with van der Waals surface area (Å²) in [7, 11) is 1.28.